The zero-order valence-electron chi connectivity index (χ0n) is 12.5. The highest BCUT2D eigenvalue weighted by Gasteiger charge is 2.20. The number of aliphatic hydroxyl groups is 2. The van der Waals surface area contributed by atoms with E-state index in [-0.39, 0.29) is 18.1 Å². The number of hydrogen-bond acceptors (Lipinski definition) is 4. The van der Waals surface area contributed by atoms with E-state index in [1.54, 1.807) is 0 Å². The topological polar surface area (TPSA) is 115 Å². The van der Waals surface area contributed by atoms with Gasteiger partial charge in [-0.25, -0.2) is 0 Å². The molecule has 4 N–H and O–H groups in total. The maximum atomic E-state index is 9.53. The summed E-state index contributed by atoms with van der Waals surface area (Å²) in [5, 5.41) is 32.9. The molecule has 0 saturated carbocycles. The molecule has 0 aliphatic carbocycles. The van der Waals surface area contributed by atoms with Crippen molar-refractivity contribution in [2.24, 2.45) is 5.41 Å². The lowest BCUT2D eigenvalue weighted by atomic mass is 9.86. The number of carbonyl (C=O) groups is 2. The second-order valence-corrected chi connectivity index (χ2v) is 5.14. The first-order chi connectivity index (χ1) is 8.45. The van der Waals surface area contributed by atoms with E-state index in [1.807, 2.05) is 20.8 Å². The summed E-state index contributed by atoms with van der Waals surface area (Å²) in [6.07, 6.45) is 2.26. The molecule has 0 aromatic heterocycles. The SMILES string of the molecule is CC(=O)O.CC(=O)O.CC(C)(C)C(O)CCCCO. The third kappa shape index (κ3) is 38.3. The Morgan fingerprint density at radius 1 is 1.00 bits per heavy atom. The van der Waals surface area contributed by atoms with Crippen LogP contribution in [0, 0.1) is 5.41 Å². The van der Waals surface area contributed by atoms with Gasteiger partial charge < -0.3 is 20.4 Å². The molecule has 6 heteroatoms. The van der Waals surface area contributed by atoms with E-state index in [0.29, 0.717) is 0 Å². The predicted octanol–water partition coefficient (Wildman–Crippen LogP) is 1.74. The van der Waals surface area contributed by atoms with Crippen molar-refractivity contribution in [3.8, 4) is 0 Å². The number of hydrogen-bond donors (Lipinski definition) is 4. The summed E-state index contributed by atoms with van der Waals surface area (Å²) < 4.78 is 0. The number of unbranched alkanes of at least 4 members (excludes halogenated alkanes) is 1. The second-order valence-electron chi connectivity index (χ2n) is 5.14. The number of carboxylic acid groups (broad SMARTS) is 2. The van der Waals surface area contributed by atoms with E-state index in [9.17, 15) is 5.11 Å². The van der Waals surface area contributed by atoms with Gasteiger partial charge >= 0.3 is 0 Å². The van der Waals surface area contributed by atoms with Crippen molar-refractivity contribution >= 4 is 11.9 Å². The summed E-state index contributed by atoms with van der Waals surface area (Å²) in [4.78, 5) is 18.0. The van der Waals surface area contributed by atoms with Crippen molar-refractivity contribution in [2.75, 3.05) is 6.61 Å². The normalized spacial score (nSPS) is 11.3. The lowest BCUT2D eigenvalue weighted by Crippen LogP contribution is -2.25. The van der Waals surface area contributed by atoms with Crippen molar-refractivity contribution in [3.05, 3.63) is 0 Å². The van der Waals surface area contributed by atoms with Crippen LogP contribution in [-0.2, 0) is 9.59 Å². The smallest absolute Gasteiger partial charge is 0.300 e. The minimum absolute atomic E-state index is 0.0184. The Labute approximate surface area is 115 Å². The Hall–Kier alpha value is -1.14. The highest BCUT2D eigenvalue weighted by atomic mass is 16.4. The van der Waals surface area contributed by atoms with Gasteiger partial charge in [-0.2, -0.15) is 0 Å². The molecule has 0 rings (SSSR count). The first kappa shape index (κ1) is 23.0. The van der Waals surface area contributed by atoms with Crippen LogP contribution in [0.5, 0.6) is 0 Å². The van der Waals surface area contributed by atoms with Crippen molar-refractivity contribution in [3.63, 3.8) is 0 Å². The Balaban J connectivity index is -0.000000264. The fourth-order valence-corrected chi connectivity index (χ4v) is 0.883. The summed E-state index contributed by atoms with van der Waals surface area (Å²) in [7, 11) is 0. The summed E-state index contributed by atoms with van der Waals surface area (Å²) in [5.41, 5.74) is -0.0184. The van der Waals surface area contributed by atoms with E-state index in [0.717, 1.165) is 33.1 Å². The van der Waals surface area contributed by atoms with E-state index >= 15 is 0 Å². The van der Waals surface area contributed by atoms with Gasteiger partial charge in [0.25, 0.3) is 11.9 Å². The Kier molecular flexibility index (Phi) is 16.1. The van der Waals surface area contributed by atoms with E-state index in [1.165, 1.54) is 0 Å². The van der Waals surface area contributed by atoms with Gasteiger partial charge in [0.05, 0.1) is 6.10 Å². The molecule has 0 heterocycles. The zero-order chi connectivity index (χ0) is 16.1. The highest BCUT2D eigenvalue weighted by Crippen LogP contribution is 2.22. The van der Waals surface area contributed by atoms with E-state index < -0.39 is 11.9 Å². The van der Waals surface area contributed by atoms with Gasteiger partial charge in [-0.3, -0.25) is 9.59 Å². The maximum Gasteiger partial charge on any atom is 0.300 e. The molecule has 0 aromatic rings. The fourth-order valence-electron chi connectivity index (χ4n) is 0.883. The lowest BCUT2D eigenvalue weighted by Gasteiger charge is -2.25. The monoisotopic (exact) mass is 280 g/mol. The van der Waals surface area contributed by atoms with E-state index in [4.69, 9.17) is 24.9 Å². The molecule has 0 spiro atoms. The average Bonchev–Trinajstić information content (AvgIpc) is 2.14. The molecule has 1 unspecified atom stereocenters. The number of carboxylic acids is 2. The summed E-state index contributed by atoms with van der Waals surface area (Å²) in [6, 6.07) is 0. The summed E-state index contributed by atoms with van der Waals surface area (Å²) >= 11 is 0. The third-order valence-electron chi connectivity index (χ3n) is 1.89. The van der Waals surface area contributed by atoms with Crippen molar-refractivity contribution in [1.82, 2.24) is 0 Å². The molecule has 1 atom stereocenters. The van der Waals surface area contributed by atoms with Gasteiger partial charge in [0, 0.05) is 20.5 Å². The maximum absolute atomic E-state index is 9.53. The van der Waals surface area contributed by atoms with Crippen LogP contribution in [0.3, 0.4) is 0 Å². The van der Waals surface area contributed by atoms with Crippen molar-refractivity contribution in [1.29, 1.82) is 0 Å². The fraction of sp³-hybridized carbons (Fsp3) is 0.846. The van der Waals surface area contributed by atoms with Gasteiger partial charge in [-0.1, -0.05) is 20.8 Å². The average molecular weight is 280 g/mol. The number of rotatable bonds is 4. The first-order valence-corrected chi connectivity index (χ1v) is 6.13. The largest absolute Gasteiger partial charge is 0.481 e. The van der Waals surface area contributed by atoms with Crippen LogP contribution < -0.4 is 0 Å². The van der Waals surface area contributed by atoms with Gasteiger partial charge in [0.15, 0.2) is 0 Å². The van der Waals surface area contributed by atoms with Crippen LogP contribution >= 0.6 is 0 Å². The van der Waals surface area contributed by atoms with Crippen LogP contribution in [0.1, 0.15) is 53.9 Å². The van der Waals surface area contributed by atoms with Crippen molar-refractivity contribution < 1.29 is 30.0 Å². The Morgan fingerprint density at radius 3 is 1.53 bits per heavy atom. The molecule has 0 aliphatic heterocycles. The summed E-state index contributed by atoms with van der Waals surface area (Å²) in [6.45, 7) is 8.47. The zero-order valence-corrected chi connectivity index (χ0v) is 12.5. The van der Waals surface area contributed by atoms with Crippen LogP contribution in [0.15, 0.2) is 0 Å². The molecule has 0 bridgehead atoms. The number of aliphatic carboxylic acids is 2. The van der Waals surface area contributed by atoms with Gasteiger partial charge in [-0.05, 0) is 24.7 Å². The molecular formula is C13H28O6. The molecule has 0 saturated heterocycles. The van der Waals surface area contributed by atoms with Crippen LogP contribution in [0.2, 0.25) is 0 Å². The highest BCUT2D eigenvalue weighted by molar-refractivity contribution is 5.63. The van der Waals surface area contributed by atoms with Crippen LogP contribution in [0.4, 0.5) is 0 Å². The minimum Gasteiger partial charge on any atom is -0.481 e. The standard InChI is InChI=1S/C9H20O2.2C2H4O2/c1-9(2,3)8(11)6-4-5-7-10;2*1-2(3)4/h8,10-11H,4-7H2,1-3H3;2*1H3,(H,3,4). The molecule has 0 fully saturated rings. The van der Waals surface area contributed by atoms with Gasteiger partial charge in [0.2, 0.25) is 0 Å². The van der Waals surface area contributed by atoms with Gasteiger partial charge in [-0.15, -0.1) is 0 Å². The molecule has 0 radical (unpaired) electrons. The molecule has 0 aliphatic rings. The van der Waals surface area contributed by atoms with Crippen LogP contribution in [-0.4, -0.2) is 45.1 Å². The first-order valence-electron chi connectivity index (χ1n) is 6.13. The molecule has 116 valence electrons. The third-order valence-corrected chi connectivity index (χ3v) is 1.89. The Morgan fingerprint density at radius 2 is 1.32 bits per heavy atom. The minimum atomic E-state index is -0.833. The number of aliphatic hydroxyl groups excluding tert-OH is 2. The van der Waals surface area contributed by atoms with Crippen molar-refractivity contribution in [2.45, 2.75) is 60.0 Å². The lowest BCUT2D eigenvalue weighted by molar-refractivity contribution is -0.135. The summed E-state index contributed by atoms with van der Waals surface area (Å²) in [5.74, 6) is -1.67. The van der Waals surface area contributed by atoms with Gasteiger partial charge in [0.1, 0.15) is 0 Å². The molecular weight excluding hydrogens is 252 g/mol. The quantitative estimate of drug-likeness (QED) is 0.583. The molecule has 19 heavy (non-hydrogen) atoms. The molecule has 0 aromatic carbocycles. The molecule has 0 amide bonds. The second kappa shape index (κ2) is 13.3. The predicted molar refractivity (Wildman–Crippen MR) is 73.0 cm³/mol. The van der Waals surface area contributed by atoms with E-state index in [2.05, 4.69) is 0 Å². The van der Waals surface area contributed by atoms with Crippen LogP contribution in [0.25, 0.3) is 0 Å². The Bertz CT molecular complexity index is 212. The molecule has 6 nitrogen and oxygen atoms in total.